The molecular formula is C19H14ClN3O. The van der Waals surface area contributed by atoms with Crippen molar-refractivity contribution >= 4 is 28.3 Å². The molecule has 1 unspecified atom stereocenters. The Kier molecular flexibility index (Phi) is 3.51. The van der Waals surface area contributed by atoms with Crippen molar-refractivity contribution in [1.82, 2.24) is 4.98 Å². The van der Waals surface area contributed by atoms with E-state index in [4.69, 9.17) is 11.6 Å². The Hall–Kier alpha value is -2.77. The van der Waals surface area contributed by atoms with Crippen molar-refractivity contribution in [1.29, 1.82) is 5.26 Å². The number of benzene rings is 2. The van der Waals surface area contributed by atoms with E-state index in [1.165, 1.54) is 0 Å². The lowest BCUT2D eigenvalue weighted by Gasteiger charge is -2.16. The second kappa shape index (κ2) is 5.70. The highest BCUT2D eigenvalue weighted by molar-refractivity contribution is 6.31. The SMILES string of the molecule is N#Cc1cc(NC2CCc3c(O)cccc32)nc2ccc(Cl)cc12. The van der Waals surface area contributed by atoms with Crippen LogP contribution in [0, 0.1) is 11.3 Å². The zero-order chi connectivity index (χ0) is 16.7. The monoisotopic (exact) mass is 335 g/mol. The van der Waals surface area contributed by atoms with E-state index in [0.717, 1.165) is 34.9 Å². The molecule has 0 amide bonds. The fraction of sp³-hybridized carbons (Fsp3) is 0.158. The van der Waals surface area contributed by atoms with Crippen LogP contribution in [-0.4, -0.2) is 10.1 Å². The lowest BCUT2D eigenvalue weighted by molar-refractivity contribution is 0.469. The van der Waals surface area contributed by atoms with Crippen molar-refractivity contribution in [3.05, 3.63) is 64.2 Å². The van der Waals surface area contributed by atoms with E-state index >= 15 is 0 Å². The summed E-state index contributed by atoms with van der Waals surface area (Å²) in [6.07, 6.45) is 1.71. The minimum absolute atomic E-state index is 0.0795. The normalized spacial score (nSPS) is 15.9. The van der Waals surface area contributed by atoms with Gasteiger partial charge in [0.05, 0.1) is 23.2 Å². The molecule has 5 heteroatoms. The first-order valence-corrected chi connectivity index (χ1v) is 8.11. The van der Waals surface area contributed by atoms with Crippen LogP contribution in [0.3, 0.4) is 0 Å². The van der Waals surface area contributed by atoms with Crippen LogP contribution in [0.5, 0.6) is 5.75 Å². The van der Waals surface area contributed by atoms with Crippen LogP contribution in [0.1, 0.15) is 29.2 Å². The van der Waals surface area contributed by atoms with Gasteiger partial charge in [-0.3, -0.25) is 0 Å². The van der Waals surface area contributed by atoms with E-state index < -0.39 is 0 Å². The van der Waals surface area contributed by atoms with Gasteiger partial charge >= 0.3 is 0 Å². The Balaban J connectivity index is 1.73. The Morgan fingerprint density at radius 1 is 1.25 bits per heavy atom. The Morgan fingerprint density at radius 2 is 2.12 bits per heavy atom. The molecule has 0 fully saturated rings. The van der Waals surface area contributed by atoms with E-state index in [-0.39, 0.29) is 6.04 Å². The van der Waals surface area contributed by atoms with Crippen LogP contribution in [-0.2, 0) is 6.42 Å². The zero-order valence-electron chi connectivity index (χ0n) is 12.8. The van der Waals surface area contributed by atoms with Gasteiger partial charge in [0.25, 0.3) is 0 Å². The highest BCUT2D eigenvalue weighted by atomic mass is 35.5. The Morgan fingerprint density at radius 3 is 2.96 bits per heavy atom. The smallest absolute Gasteiger partial charge is 0.128 e. The van der Waals surface area contributed by atoms with Gasteiger partial charge in [-0.25, -0.2) is 4.98 Å². The third-order valence-electron chi connectivity index (χ3n) is 4.46. The number of aromatic hydroxyl groups is 1. The molecule has 1 aliphatic rings. The standard InChI is InChI=1S/C19H14ClN3O/c20-12-4-6-17-15(9-12)11(10-21)8-19(23-17)22-16-7-5-14-13(16)2-1-3-18(14)24/h1-4,6,8-9,16,24H,5,7H2,(H,22,23). The number of rotatable bonds is 2. The maximum Gasteiger partial charge on any atom is 0.128 e. The van der Waals surface area contributed by atoms with Crippen LogP contribution < -0.4 is 5.32 Å². The first-order valence-electron chi connectivity index (χ1n) is 7.73. The molecule has 1 aliphatic carbocycles. The molecule has 3 aromatic rings. The fourth-order valence-corrected chi connectivity index (χ4v) is 3.50. The van der Waals surface area contributed by atoms with Gasteiger partial charge in [0.1, 0.15) is 11.6 Å². The van der Waals surface area contributed by atoms with E-state index in [1.807, 2.05) is 18.2 Å². The highest BCUT2D eigenvalue weighted by Crippen LogP contribution is 2.38. The number of halogens is 1. The second-order valence-electron chi connectivity index (χ2n) is 5.91. The molecule has 24 heavy (non-hydrogen) atoms. The molecule has 1 heterocycles. The molecule has 0 bridgehead atoms. The van der Waals surface area contributed by atoms with Gasteiger partial charge in [0, 0.05) is 10.4 Å². The third kappa shape index (κ3) is 2.44. The van der Waals surface area contributed by atoms with Crippen LogP contribution in [0.2, 0.25) is 5.02 Å². The second-order valence-corrected chi connectivity index (χ2v) is 6.35. The molecule has 0 spiro atoms. The number of hydrogen-bond acceptors (Lipinski definition) is 4. The van der Waals surface area contributed by atoms with Crippen LogP contribution in [0.15, 0.2) is 42.5 Å². The summed E-state index contributed by atoms with van der Waals surface area (Å²) in [5.41, 5.74) is 3.35. The maximum atomic E-state index is 9.97. The van der Waals surface area contributed by atoms with Gasteiger partial charge in [-0.2, -0.15) is 5.26 Å². The number of nitrogens with zero attached hydrogens (tertiary/aromatic N) is 2. The lowest BCUT2D eigenvalue weighted by Crippen LogP contribution is -2.08. The Bertz CT molecular complexity index is 994. The predicted octanol–water partition coefficient (Wildman–Crippen LogP) is 4.56. The highest BCUT2D eigenvalue weighted by Gasteiger charge is 2.25. The van der Waals surface area contributed by atoms with Crippen molar-refractivity contribution < 1.29 is 5.11 Å². The molecule has 4 rings (SSSR count). The fourth-order valence-electron chi connectivity index (χ4n) is 3.33. The molecule has 2 aromatic carbocycles. The van der Waals surface area contributed by atoms with Gasteiger partial charge in [0.2, 0.25) is 0 Å². The van der Waals surface area contributed by atoms with Crippen molar-refractivity contribution in [2.24, 2.45) is 0 Å². The molecule has 1 aromatic heterocycles. The zero-order valence-corrected chi connectivity index (χ0v) is 13.5. The lowest BCUT2D eigenvalue weighted by atomic mass is 10.1. The van der Waals surface area contributed by atoms with Crippen molar-refractivity contribution in [2.75, 3.05) is 5.32 Å². The molecule has 0 aliphatic heterocycles. The summed E-state index contributed by atoms with van der Waals surface area (Å²) in [7, 11) is 0. The molecule has 4 nitrogen and oxygen atoms in total. The van der Waals surface area contributed by atoms with Gasteiger partial charge in [-0.05, 0) is 54.3 Å². The first kappa shape index (κ1) is 14.8. The summed E-state index contributed by atoms with van der Waals surface area (Å²) < 4.78 is 0. The third-order valence-corrected chi connectivity index (χ3v) is 4.69. The summed E-state index contributed by atoms with van der Waals surface area (Å²) in [5, 5.41) is 24.1. The molecule has 118 valence electrons. The molecule has 0 saturated carbocycles. The van der Waals surface area contributed by atoms with E-state index in [0.29, 0.717) is 22.2 Å². The van der Waals surface area contributed by atoms with Gasteiger partial charge in [-0.1, -0.05) is 23.7 Å². The molecule has 2 N–H and O–H groups in total. The summed E-state index contributed by atoms with van der Waals surface area (Å²) in [6.45, 7) is 0. The largest absolute Gasteiger partial charge is 0.508 e. The predicted molar refractivity (Wildman–Crippen MR) is 94.3 cm³/mol. The summed E-state index contributed by atoms with van der Waals surface area (Å²) in [5.74, 6) is 0.998. The van der Waals surface area contributed by atoms with Gasteiger partial charge in [0.15, 0.2) is 0 Å². The average molecular weight is 336 g/mol. The van der Waals surface area contributed by atoms with Crippen molar-refractivity contribution in [3.63, 3.8) is 0 Å². The minimum Gasteiger partial charge on any atom is -0.508 e. The van der Waals surface area contributed by atoms with Crippen molar-refractivity contribution in [2.45, 2.75) is 18.9 Å². The summed E-state index contributed by atoms with van der Waals surface area (Å²) in [4.78, 5) is 4.60. The van der Waals surface area contributed by atoms with E-state index in [2.05, 4.69) is 16.4 Å². The number of phenols is 1. The number of phenolic OH excluding ortho intramolecular Hbond substituents is 1. The summed E-state index contributed by atoms with van der Waals surface area (Å²) >= 11 is 6.02. The number of nitrogens with one attached hydrogen (secondary N) is 1. The average Bonchev–Trinajstić information content (AvgIpc) is 2.99. The topological polar surface area (TPSA) is 68.9 Å². The number of pyridine rings is 1. The molecule has 0 saturated heterocycles. The number of fused-ring (bicyclic) bond motifs is 2. The quantitative estimate of drug-likeness (QED) is 0.720. The molecule has 0 radical (unpaired) electrons. The number of nitriles is 1. The van der Waals surface area contributed by atoms with Crippen LogP contribution in [0.4, 0.5) is 5.82 Å². The van der Waals surface area contributed by atoms with Gasteiger partial charge < -0.3 is 10.4 Å². The van der Waals surface area contributed by atoms with Gasteiger partial charge in [-0.15, -0.1) is 0 Å². The maximum absolute atomic E-state index is 9.97. The molecular weight excluding hydrogens is 322 g/mol. The first-order chi connectivity index (χ1) is 11.7. The van der Waals surface area contributed by atoms with E-state index in [9.17, 15) is 10.4 Å². The number of anilines is 1. The van der Waals surface area contributed by atoms with Crippen LogP contribution >= 0.6 is 11.6 Å². The minimum atomic E-state index is 0.0795. The van der Waals surface area contributed by atoms with Crippen LogP contribution in [0.25, 0.3) is 10.9 Å². The van der Waals surface area contributed by atoms with Crippen molar-refractivity contribution in [3.8, 4) is 11.8 Å². The number of hydrogen-bond donors (Lipinski definition) is 2. The number of aromatic nitrogens is 1. The Labute approximate surface area is 144 Å². The summed E-state index contributed by atoms with van der Waals surface area (Å²) in [6, 6.07) is 15.0. The molecule has 1 atom stereocenters. The van der Waals surface area contributed by atoms with E-state index in [1.54, 1.807) is 24.3 Å².